The molecule has 8 nitrogen and oxygen atoms in total. The molecule has 0 radical (unpaired) electrons. The van der Waals surface area contributed by atoms with Crippen LogP contribution < -0.4 is 0 Å². The molecule has 3 aliphatic heterocycles. The van der Waals surface area contributed by atoms with Crippen LogP contribution in [-0.2, 0) is 30.4 Å². The van der Waals surface area contributed by atoms with E-state index in [0.717, 1.165) is 5.56 Å². The minimum Gasteiger partial charge on any atom is -0.466 e. The van der Waals surface area contributed by atoms with E-state index in [1.807, 2.05) is 30.3 Å². The Balaban J connectivity index is 1.72. The van der Waals surface area contributed by atoms with Crippen molar-refractivity contribution in [2.45, 2.75) is 42.5 Å². The van der Waals surface area contributed by atoms with Crippen molar-refractivity contribution in [3.8, 4) is 0 Å². The Kier molecular flexibility index (Phi) is 6.93. The number of β-amino-alcohol motifs (C(OH)–C–C–N with tert-alkyl or cyclic N) is 1. The third-order valence-electron chi connectivity index (χ3n) is 6.80. The van der Waals surface area contributed by atoms with Gasteiger partial charge in [-0.2, -0.15) is 0 Å². The smallest absolute Gasteiger partial charge is 0.312 e. The highest BCUT2D eigenvalue weighted by Crippen LogP contribution is 2.60. The monoisotopic (exact) mass is 520 g/mol. The van der Waals surface area contributed by atoms with Gasteiger partial charge in [-0.05, 0) is 18.9 Å². The molecule has 2 bridgehead atoms. The van der Waals surface area contributed by atoms with Crippen LogP contribution in [0.15, 0.2) is 43.0 Å². The first-order valence-corrected chi connectivity index (χ1v) is 12.1. The maximum absolute atomic E-state index is 14.0. The van der Waals surface area contributed by atoms with Gasteiger partial charge in [-0.15, -0.1) is 6.58 Å². The van der Waals surface area contributed by atoms with Gasteiger partial charge in [0.1, 0.15) is 11.6 Å². The number of aliphatic hydroxyl groups is 1. The first-order valence-electron chi connectivity index (χ1n) is 11.2. The van der Waals surface area contributed by atoms with Crippen molar-refractivity contribution >= 4 is 33.7 Å². The molecule has 1 aromatic carbocycles. The predicted octanol–water partition coefficient (Wildman–Crippen LogP) is 1.50. The standard InChI is InChI=1S/C24H29BrN2O6/c1-3-10-26(14-15-8-6-5-7-9-15)22(30)20-24-13-16(25)19(33-24)17(23(31)32-4-2)18(24)21(29)27(20)11-12-28/h3,5-9,16-20,28H,1,4,10-14H2,2H3/t16?,17-,18+,19-,20-,24+/m0/s1. The van der Waals surface area contributed by atoms with Crippen LogP contribution >= 0.6 is 15.9 Å². The summed E-state index contributed by atoms with van der Waals surface area (Å²) in [6.07, 6.45) is 1.51. The maximum Gasteiger partial charge on any atom is 0.312 e. The summed E-state index contributed by atoms with van der Waals surface area (Å²) >= 11 is 3.61. The fraction of sp³-hybridized carbons (Fsp3) is 0.542. The second-order valence-electron chi connectivity index (χ2n) is 8.66. The Morgan fingerprint density at radius 1 is 1.39 bits per heavy atom. The highest BCUT2D eigenvalue weighted by atomic mass is 79.9. The largest absolute Gasteiger partial charge is 0.466 e. The fourth-order valence-electron chi connectivity index (χ4n) is 5.63. The molecular formula is C24H29BrN2O6. The van der Waals surface area contributed by atoms with Crippen LogP contribution in [0.1, 0.15) is 18.9 Å². The van der Waals surface area contributed by atoms with Crippen molar-refractivity contribution in [3.63, 3.8) is 0 Å². The third kappa shape index (κ3) is 3.90. The van der Waals surface area contributed by atoms with Crippen LogP contribution in [-0.4, -0.2) is 81.6 Å². The van der Waals surface area contributed by atoms with Crippen molar-refractivity contribution in [2.75, 3.05) is 26.3 Å². The summed E-state index contributed by atoms with van der Waals surface area (Å²) < 4.78 is 11.6. The lowest BCUT2D eigenvalue weighted by atomic mass is 9.70. The second kappa shape index (κ2) is 9.56. The molecule has 33 heavy (non-hydrogen) atoms. The van der Waals surface area contributed by atoms with E-state index in [0.29, 0.717) is 13.0 Å². The number of likely N-dealkylation sites (tertiary alicyclic amines) is 1. The number of fused-ring (bicyclic) bond motifs is 1. The average Bonchev–Trinajstić information content (AvgIpc) is 3.38. The number of rotatable bonds is 9. The lowest BCUT2D eigenvalue weighted by Crippen LogP contribution is -2.56. The summed E-state index contributed by atoms with van der Waals surface area (Å²) in [5.41, 5.74) is -0.213. The molecule has 1 N–H and O–H groups in total. The molecule has 0 aromatic heterocycles. The Bertz CT molecular complexity index is 927. The van der Waals surface area contributed by atoms with Crippen molar-refractivity contribution in [2.24, 2.45) is 11.8 Å². The van der Waals surface area contributed by atoms with E-state index in [-0.39, 0.29) is 42.9 Å². The van der Waals surface area contributed by atoms with Gasteiger partial charge < -0.3 is 24.4 Å². The van der Waals surface area contributed by atoms with Gasteiger partial charge in [0.05, 0.1) is 31.2 Å². The zero-order valence-corrected chi connectivity index (χ0v) is 20.1. The first kappa shape index (κ1) is 23.9. The van der Waals surface area contributed by atoms with Crippen molar-refractivity contribution in [1.82, 2.24) is 9.80 Å². The molecule has 3 aliphatic rings. The number of ether oxygens (including phenoxy) is 2. The van der Waals surface area contributed by atoms with Crippen LogP contribution in [0.25, 0.3) is 0 Å². The van der Waals surface area contributed by atoms with E-state index >= 15 is 0 Å². The molecule has 0 saturated carbocycles. The van der Waals surface area contributed by atoms with Gasteiger partial charge >= 0.3 is 5.97 Å². The molecule has 3 saturated heterocycles. The molecule has 6 atom stereocenters. The highest BCUT2D eigenvalue weighted by Gasteiger charge is 2.77. The minimum atomic E-state index is -1.16. The van der Waals surface area contributed by atoms with E-state index in [1.54, 1.807) is 17.9 Å². The number of alkyl halides is 1. The van der Waals surface area contributed by atoms with Gasteiger partial charge in [-0.25, -0.2) is 0 Å². The number of hydrogen-bond donors (Lipinski definition) is 1. The number of esters is 1. The Hall–Kier alpha value is -2.23. The van der Waals surface area contributed by atoms with E-state index in [2.05, 4.69) is 22.5 Å². The van der Waals surface area contributed by atoms with E-state index in [9.17, 15) is 19.5 Å². The van der Waals surface area contributed by atoms with Gasteiger partial charge in [0.25, 0.3) is 0 Å². The van der Waals surface area contributed by atoms with Crippen LogP contribution in [0.3, 0.4) is 0 Å². The first-order chi connectivity index (χ1) is 15.9. The molecule has 9 heteroatoms. The number of carbonyl (C=O) groups is 3. The summed E-state index contributed by atoms with van der Waals surface area (Å²) in [6.45, 7) is 6.00. The van der Waals surface area contributed by atoms with Crippen LogP contribution in [0.2, 0.25) is 0 Å². The molecule has 0 aliphatic carbocycles. The number of nitrogens with zero attached hydrogens (tertiary/aromatic N) is 2. The second-order valence-corrected chi connectivity index (χ2v) is 9.84. The molecule has 4 rings (SSSR count). The van der Waals surface area contributed by atoms with Crippen LogP contribution in [0, 0.1) is 11.8 Å². The Morgan fingerprint density at radius 2 is 2.12 bits per heavy atom. The van der Waals surface area contributed by atoms with Gasteiger partial charge in [0, 0.05) is 24.5 Å². The van der Waals surface area contributed by atoms with Crippen LogP contribution in [0.5, 0.6) is 0 Å². The molecule has 2 amide bonds. The summed E-state index contributed by atoms with van der Waals surface area (Å²) in [4.78, 5) is 43.2. The summed E-state index contributed by atoms with van der Waals surface area (Å²) in [6, 6.07) is 8.62. The molecule has 3 fully saturated rings. The number of aliphatic hydroxyl groups excluding tert-OH is 1. The molecule has 1 spiro atoms. The van der Waals surface area contributed by atoms with E-state index in [1.165, 1.54) is 4.90 Å². The number of halogens is 1. The number of amides is 2. The zero-order chi connectivity index (χ0) is 23.8. The van der Waals surface area contributed by atoms with Gasteiger partial charge in [0.2, 0.25) is 11.8 Å². The Morgan fingerprint density at radius 3 is 2.76 bits per heavy atom. The van der Waals surface area contributed by atoms with Crippen molar-refractivity contribution in [3.05, 3.63) is 48.6 Å². The zero-order valence-electron chi connectivity index (χ0n) is 18.6. The maximum atomic E-state index is 14.0. The van der Waals surface area contributed by atoms with Gasteiger partial charge in [0.15, 0.2) is 0 Å². The van der Waals surface area contributed by atoms with Gasteiger partial charge in [-0.3, -0.25) is 14.4 Å². The molecule has 178 valence electrons. The van der Waals surface area contributed by atoms with Crippen molar-refractivity contribution in [1.29, 1.82) is 0 Å². The van der Waals surface area contributed by atoms with Crippen LogP contribution in [0.4, 0.5) is 0 Å². The topological polar surface area (TPSA) is 96.4 Å². The fourth-order valence-corrected chi connectivity index (χ4v) is 6.57. The average molecular weight is 521 g/mol. The lowest BCUT2D eigenvalue weighted by Gasteiger charge is -2.37. The number of carbonyl (C=O) groups excluding carboxylic acids is 3. The summed E-state index contributed by atoms with van der Waals surface area (Å²) in [7, 11) is 0. The number of benzene rings is 1. The number of hydrogen-bond acceptors (Lipinski definition) is 6. The summed E-state index contributed by atoms with van der Waals surface area (Å²) in [5, 5.41) is 9.69. The molecule has 3 heterocycles. The molecule has 1 unspecified atom stereocenters. The quantitative estimate of drug-likeness (QED) is 0.301. The lowest BCUT2D eigenvalue weighted by molar-refractivity contribution is -0.155. The van der Waals surface area contributed by atoms with Crippen molar-refractivity contribution < 1.29 is 29.0 Å². The van der Waals surface area contributed by atoms with E-state index in [4.69, 9.17) is 9.47 Å². The highest BCUT2D eigenvalue weighted by molar-refractivity contribution is 9.09. The summed E-state index contributed by atoms with van der Waals surface area (Å²) in [5.74, 6) is -2.74. The predicted molar refractivity (Wildman–Crippen MR) is 123 cm³/mol. The van der Waals surface area contributed by atoms with Gasteiger partial charge in [-0.1, -0.05) is 52.3 Å². The normalized spacial score (nSPS) is 32.0. The third-order valence-corrected chi connectivity index (χ3v) is 7.64. The van der Waals surface area contributed by atoms with E-state index < -0.39 is 35.6 Å². The Labute approximate surface area is 201 Å². The SMILES string of the molecule is C=CCN(Cc1ccccc1)C(=O)[C@@H]1N(CCO)C(=O)[C@H]2[C@H](C(=O)OCC)[C@H]3O[C@@]12CC3Br. The minimum absolute atomic E-state index is 0.0166. The molecular weight excluding hydrogens is 492 g/mol. The molecule has 1 aromatic rings.